The van der Waals surface area contributed by atoms with Gasteiger partial charge in [0.25, 0.3) is 5.91 Å². The number of rotatable bonds is 7. The van der Waals surface area contributed by atoms with Crippen molar-refractivity contribution in [2.75, 3.05) is 14.2 Å². The average Bonchev–Trinajstić information content (AvgIpc) is 3.06. The van der Waals surface area contributed by atoms with Crippen molar-refractivity contribution in [2.45, 2.75) is 32.9 Å². The highest BCUT2D eigenvalue weighted by Crippen LogP contribution is 2.30. The van der Waals surface area contributed by atoms with Crippen LogP contribution in [0, 0.1) is 0 Å². The molecule has 0 spiro atoms. The largest absolute Gasteiger partial charge is 0.493 e. The Labute approximate surface area is 159 Å². The molecule has 27 heavy (non-hydrogen) atoms. The third-order valence-corrected chi connectivity index (χ3v) is 4.60. The lowest BCUT2D eigenvalue weighted by Crippen LogP contribution is -2.26. The molecule has 0 fully saturated rings. The van der Waals surface area contributed by atoms with Gasteiger partial charge < -0.3 is 19.4 Å². The van der Waals surface area contributed by atoms with Crippen molar-refractivity contribution in [3.05, 3.63) is 53.9 Å². The zero-order valence-electron chi connectivity index (χ0n) is 16.2. The Kier molecular flexibility index (Phi) is 5.64. The smallest absolute Gasteiger partial charge is 0.253 e. The minimum atomic E-state index is -0.182. The van der Waals surface area contributed by atoms with Crippen LogP contribution >= 0.6 is 0 Å². The summed E-state index contributed by atoms with van der Waals surface area (Å²) in [4.78, 5) is 17.4. The van der Waals surface area contributed by atoms with E-state index in [1.807, 2.05) is 48.0 Å². The fourth-order valence-corrected chi connectivity index (χ4v) is 3.19. The lowest BCUT2D eigenvalue weighted by molar-refractivity contribution is 0.0941. The molecule has 0 aliphatic carbocycles. The maximum atomic E-state index is 12.9. The van der Waals surface area contributed by atoms with Crippen LogP contribution in [0.2, 0.25) is 0 Å². The number of carbonyl (C=O) groups is 1. The highest BCUT2D eigenvalue weighted by atomic mass is 16.5. The second kappa shape index (κ2) is 8.12. The van der Waals surface area contributed by atoms with E-state index in [4.69, 9.17) is 9.47 Å². The van der Waals surface area contributed by atoms with Crippen LogP contribution in [0.4, 0.5) is 0 Å². The number of nitrogens with zero attached hydrogens (tertiary/aromatic N) is 2. The van der Waals surface area contributed by atoms with Gasteiger partial charge in [-0.05, 0) is 43.2 Å². The molecular formula is C21H25N3O3. The van der Waals surface area contributed by atoms with Crippen molar-refractivity contribution >= 4 is 16.9 Å². The van der Waals surface area contributed by atoms with Gasteiger partial charge in [-0.15, -0.1) is 0 Å². The maximum Gasteiger partial charge on any atom is 0.253 e. The summed E-state index contributed by atoms with van der Waals surface area (Å²) >= 11 is 0. The van der Waals surface area contributed by atoms with Crippen LogP contribution in [0.25, 0.3) is 11.0 Å². The second-order valence-electron chi connectivity index (χ2n) is 6.42. The van der Waals surface area contributed by atoms with Gasteiger partial charge in [0.15, 0.2) is 11.5 Å². The molecule has 1 aromatic carbocycles. The molecule has 2 aromatic heterocycles. The molecule has 142 valence electrons. The summed E-state index contributed by atoms with van der Waals surface area (Å²) in [5, 5.41) is 3.94. The average molecular weight is 367 g/mol. The van der Waals surface area contributed by atoms with E-state index in [0.717, 1.165) is 29.6 Å². The predicted molar refractivity (Wildman–Crippen MR) is 105 cm³/mol. The molecule has 0 aliphatic heterocycles. The van der Waals surface area contributed by atoms with Gasteiger partial charge in [-0.1, -0.05) is 13.0 Å². The normalized spacial score (nSPS) is 12.0. The van der Waals surface area contributed by atoms with E-state index in [1.165, 1.54) is 0 Å². The standard InChI is InChI=1S/C21H25N3O3/c1-5-11-24-13-17(16-7-6-10-22-20(16)24)21(25)23-14(2)15-8-9-18(26-3)19(12-15)27-4/h6-10,12-14H,5,11H2,1-4H3,(H,23,25). The molecule has 3 rings (SSSR count). The monoisotopic (exact) mass is 367 g/mol. The number of methoxy groups -OCH3 is 2. The third kappa shape index (κ3) is 3.74. The fourth-order valence-electron chi connectivity index (χ4n) is 3.19. The van der Waals surface area contributed by atoms with E-state index in [9.17, 15) is 4.79 Å². The minimum absolute atomic E-state index is 0.120. The topological polar surface area (TPSA) is 65.4 Å². The van der Waals surface area contributed by atoms with Crippen LogP contribution in [0.1, 0.15) is 42.2 Å². The number of hydrogen-bond donors (Lipinski definition) is 1. The summed E-state index contributed by atoms with van der Waals surface area (Å²) in [5.41, 5.74) is 2.42. The number of hydrogen-bond acceptors (Lipinski definition) is 4. The highest BCUT2D eigenvalue weighted by Gasteiger charge is 2.18. The highest BCUT2D eigenvalue weighted by molar-refractivity contribution is 6.06. The summed E-state index contributed by atoms with van der Waals surface area (Å²) in [5.74, 6) is 1.18. The molecule has 1 N–H and O–H groups in total. The van der Waals surface area contributed by atoms with Gasteiger partial charge in [-0.25, -0.2) is 4.98 Å². The zero-order chi connectivity index (χ0) is 19.4. The first-order chi connectivity index (χ1) is 13.1. The molecule has 0 saturated heterocycles. The number of fused-ring (bicyclic) bond motifs is 1. The van der Waals surface area contributed by atoms with E-state index in [0.29, 0.717) is 17.1 Å². The Bertz CT molecular complexity index is 949. The van der Waals surface area contributed by atoms with Gasteiger partial charge in [-0.3, -0.25) is 4.79 Å². The summed E-state index contributed by atoms with van der Waals surface area (Å²) in [6.07, 6.45) is 4.61. The van der Waals surface area contributed by atoms with E-state index in [2.05, 4.69) is 17.2 Å². The van der Waals surface area contributed by atoms with Gasteiger partial charge in [0.1, 0.15) is 5.65 Å². The van der Waals surface area contributed by atoms with Crippen LogP contribution in [0.15, 0.2) is 42.7 Å². The maximum absolute atomic E-state index is 12.9. The molecule has 1 unspecified atom stereocenters. The molecule has 2 heterocycles. The number of aromatic nitrogens is 2. The summed E-state index contributed by atoms with van der Waals surface area (Å²) < 4.78 is 12.7. The first-order valence-corrected chi connectivity index (χ1v) is 9.05. The van der Waals surface area contributed by atoms with Crippen molar-refractivity contribution in [1.29, 1.82) is 0 Å². The van der Waals surface area contributed by atoms with Crippen molar-refractivity contribution in [2.24, 2.45) is 0 Å². The third-order valence-electron chi connectivity index (χ3n) is 4.60. The lowest BCUT2D eigenvalue weighted by Gasteiger charge is -2.16. The Balaban J connectivity index is 1.86. The van der Waals surface area contributed by atoms with Crippen molar-refractivity contribution < 1.29 is 14.3 Å². The van der Waals surface area contributed by atoms with E-state index >= 15 is 0 Å². The van der Waals surface area contributed by atoms with E-state index < -0.39 is 0 Å². The number of nitrogens with one attached hydrogen (secondary N) is 1. The SMILES string of the molecule is CCCn1cc(C(=O)NC(C)c2ccc(OC)c(OC)c2)c2cccnc21. The zero-order valence-corrected chi connectivity index (χ0v) is 16.2. The molecule has 3 aromatic rings. The Morgan fingerprint density at radius 2 is 2.00 bits per heavy atom. The van der Waals surface area contributed by atoms with Gasteiger partial charge in [0, 0.05) is 24.3 Å². The predicted octanol–water partition coefficient (Wildman–Crippen LogP) is 3.95. The molecule has 6 heteroatoms. The van der Waals surface area contributed by atoms with Crippen LogP contribution in [-0.4, -0.2) is 29.7 Å². The molecule has 1 amide bonds. The van der Waals surface area contributed by atoms with E-state index in [-0.39, 0.29) is 11.9 Å². The number of benzene rings is 1. The van der Waals surface area contributed by atoms with Crippen molar-refractivity contribution in [1.82, 2.24) is 14.9 Å². The molecule has 0 radical (unpaired) electrons. The number of pyridine rings is 1. The van der Waals surface area contributed by atoms with Crippen LogP contribution in [-0.2, 0) is 6.54 Å². The summed E-state index contributed by atoms with van der Waals surface area (Å²) in [7, 11) is 3.20. The van der Waals surface area contributed by atoms with Gasteiger partial charge in [0.2, 0.25) is 0 Å². The number of amides is 1. The van der Waals surface area contributed by atoms with Crippen molar-refractivity contribution in [3.63, 3.8) is 0 Å². The molecular weight excluding hydrogens is 342 g/mol. The van der Waals surface area contributed by atoms with Crippen LogP contribution < -0.4 is 14.8 Å². The molecule has 0 saturated carbocycles. The Morgan fingerprint density at radius 1 is 1.22 bits per heavy atom. The Morgan fingerprint density at radius 3 is 2.70 bits per heavy atom. The minimum Gasteiger partial charge on any atom is -0.493 e. The number of aryl methyl sites for hydroxylation is 1. The van der Waals surface area contributed by atoms with Crippen LogP contribution in [0.5, 0.6) is 11.5 Å². The first kappa shape index (κ1) is 18.8. The summed E-state index contributed by atoms with van der Waals surface area (Å²) in [6.45, 7) is 4.88. The van der Waals surface area contributed by atoms with E-state index in [1.54, 1.807) is 20.4 Å². The molecule has 6 nitrogen and oxygen atoms in total. The van der Waals surface area contributed by atoms with Gasteiger partial charge >= 0.3 is 0 Å². The van der Waals surface area contributed by atoms with Crippen molar-refractivity contribution in [3.8, 4) is 11.5 Å². The molecule has 0 bridgehead atoms. The summed E-state index contributed by atoms with van der Waals surface area (Å²) in [6, 6.07) is 9.25. The van der Waals surface area contributed by atoms with Crippen LogP contribution in [0.3, 0.4) is 0 Å². The second-order valence-corrected chi connectivity index (χ2v) is 6.42. The quantitative estimate of drug-likeness (QED) is 0.687. The van der Waals surface area contributed by atoms with Gasteiger partial charge in [0.05, 0.1) is 25.8 Å². The molecule has 1 atom stereocenters. The first-order valence-electron chi connectivity index (χ1n) is 9.05. The Hall–Kier alpha value is -3.02. The number of carbonyl (C=O) groups excluding carboxylic acids is 1. The fraction of sp³-hybridized carbons (Fsp3) is 0.333. The molecule has 0 aliphatic rings. The number of ether oxygens (including phenoxy) is 2. The van der Waals surface area contributed by atoms with Gasteiger partial charge in [-0.2, -0.15) is 0 Å². The lowest BCUT2D eigenvalue weighted by atomic mass is 10.1.